The van der Waals surface area contributed by atoms with E-state index in [0.717, 1.165) is 24.3 Å². The van der Waals surface area contributed by atoms with E-state index < -0.39 is 0 Å². The Bertz CT molecular complexity index is 658. The second-order valence-corrected chi connectivity index (χ2v) is 4.25. The minimum absolute atomic E-state index is 0.663. The van der Waals surface area contributed by atoms with Gasteiger partial charge in [0.25, 0.3) is 0 Å². The van der Waals surface area contributed by atoms with Gasteiger partial charge >= 0.3 is 0 Å². The van der Waals surface area contributed by atoms with E-state index in [4.69, 9.17) is 5.73 Å². The van der Waals surface area contributed by atoms with Gasteiger partial charge in [0.15, 0.2) is 11.5 Å². The van der Waals surface area contributed by atoms with Gasteiger partial charge in [-0.3, -0.25) is 0 Å². The Kier molecular flexibility index (Phi) is 2.68. The van der Waals surface area contributed by atoms with Crippen LogP contribution in [0.5, 0.6) is 0 Å². The molecule has 90 valence electrons. The molecule has 0 aliphatic heterocycles. The predicted octanol–water partition coefficient (Wildman–Crippen LogP) is 2.10. The summed E-state index contributed by atoms with van der Waals surface area (Å²) in [7, 11) is 0. The zero-order valence-corrected chi connectivity index (χ0v) is 9.95. The molecule has 0 bridgehead atoms. The van der Waals surface area contributed by atoms with Crippen LogP contribution in [0.2, 0.25) is 0 Å². The molecule has 3 rings (SSSR count). The number of nitrogen functional groups attached to an aromatic ring is 1. The average molecular weight is 238 g/mol. The van der Waals surface area contributed by atoms with Crippen LogP contribution in [-0.2, 0) is 12.8 Å². The maximum Gasteiger partial charge on any atom is 0.178 e. The van der Waals surface area contributed by atoms with Gasteiger partial charge in [0, 0.05) is 12.6 Å². The topological polar surface area (TPSA) is 56.2 Å². The molecule has 0 unspecified atom stereocenters. The lowest BCUT2D eigenvalue weighted by Crippen LogP contribution is -1.94. The smallest absolute Gasteiger partial charge is 0.178 e. The molecule has 0 spiro atoms. The highest BCUT2D eigenvalue weighted by Crippen LogP contribution is 2.11. The zero-order chi connectivity index (χ0) is 12.4. The number of nitrogens with zero attached hydrogens (tertiary/aromatic N) is 3. The Labute approximate surface area is 105 Å². The second kappa shape index (κ2) is 4.49. The summed E-state index contributed by atoms with van der Waals surface area (Å²) in [5, 5.41) is 4.41. The standard InChI is InChI=1S/C14H14N4/c15-12-7-4-10-18-14(12)16-13(17-18)9-8-11-5-2-1-3-6-11/h1-7,10H,8-9,15H2. The van der Waals surface area contributed by atoms with Crippen molar-refractivity contribution in [2.45, 2.75) is 12.8 Å². The number of hydrogen-bond acceptors (Lipinski definition) is 3. The monoisotopic (exact) mass is 238 g/mol. The van der Waals surface area contributed by atoms with Crippen molar-refractivity contribution in [2.24, 2.45) is 0 Å². The summed E-state index contributed by atoms with van der Waals surface area (Å²) >= 11 is 0. The van der Waals surface area contributed by atoms with Crippen molar-refractivity contribution in [1.29, 1.82) is 0 Å². The third-order valence-electron chi connectivity index (χ3n) is 2.92. The van der Waals surface area contributed by atoms with Crippen molar-refractivity contribution < 1.29 is 0 Å². The van der Waals surface area contributed by atoms with Crippen LogP contribution in [-0.4, -0.2) is 14.6 Å². The van der Waals surface area contributed by atoms with Gasteiger partial charge in [-0.05, 0) is 24.1 Å². The first-order valence-electron chi connectivity index (χ1n) is 5.96. The molecule has 2 N–H and O–H groups in total. The maximum atomic E-state index is 5.85. The highest BCUT2D eigenvalue weighted by molar-refractivity contribution is 5.63. The number of hydrogen-bond donors (Lipinski definition) is 1. The molecule has 2 heterocycles. The van der Waals surface area contributed by atoms with E-state index in [1.54, 1.807) is 4.52 Å². The number of aryl methyl sites for hydroxylation is 2. The Balaban J connectivity index is 1.81. The largest absolute Gasteiger partial charge is 0.396 e. The lowest BCUT2D eigenvalue weighted by Gasteiger charge is -1.96. The molecule has 0 aliphatic rings. The van der Waals surface area contributed by atoms with Gasteiger partial charge in [-0.2, -0.15) is 5.10 Å². The summed E-state index contributed by atoms with van der Waals surface area (Å²) < 4.78 is 1.73. The van der Waals surface area contributed by atoms with E-state index in [1.165, 1.54) is 5.56 Å². The van der Waals surface area contributed by atoms with Crippen LogP contribution in [0.3, 0.4) is 0 Å². The summed E-state index contributed by atoms with van der Waals surface area (Å²) in [6, 6.07) is 14.1. The van der Waals surface area contributed by atoms with Crippen LogP contribution in [0, 0.1) is 0 Å². The first-order valence-corrected chi connectivity index (χ1v) is 5.96. The number of anilines is 1. The van der Waals surface area contributed by atoms with E-state index in [0.29, 0.717) is 5.69 Å². The van der Waals surface area contributed by atoms with Gasteiger partial charge in [-0.1, -0.05) is 30.3 Å². The number of benzene rings is 1. The van der Waals surface area contributed by atoms with Crippen molar-refractivity contribution in [3.05, 3.63) is 60.0 Å². The van der Waals surface area contributed by atoms with Gasteiger partial charge < -0.3 is 5.73 Å². The molecule has 0 fully saturated rings. The molecule has 18 heavy (non-hydrogen) atoms. The lowest BCUT2D eigenvalue weighted by atomic mass is 10.1. The van der Waals surface area contributed by atoms with E-state index in [1.807, 2.05) is 36.5 Å². The highest BCUT2D eigenvalue weighted by Gasteiger charge is 2.05. The number of pyridine rings is 1. The fourth-order valence-corrected chi connectivity index (χ4v) is 1.98. The van der Waals surface area contributed by atoms with E-state index in [-0.39, 0.29) is 0 Å². The molecule has 4 nitrogen and oxygen atoms in total. The maximum absolute atomic E-state index is 5.85. The average Bonchev–Trinajstić information content (AvgIpc) is 2.82. The molecule has 0 amide bonds. The van der Waals surface area contributed by atoms with Crippen molar-refractivity contribution in [3.63, 3.8) is 0 Å². The first-order chi connectivity index (χ1) is 8.83. The molecule has 4 heteroatoms. The predicted molar refractivity (Wildman–Crippen MR) is 71.2 cm³/mol. The first kappa shape index (κ1) is 10.8. The van der Waals surface area contributed by atoms with Gasteiger partial charge in [-0.25, -0.2) is 9.50 Å². The van der Waals surface area contributed by atoms with Crippen molar-refractivity contribution in [3.8, 4) is 0 Å². The van der Waals surface area contributed by atoms with Gasteiger partial charge in [0.05, 0.1) is 5.69 Å². The van der Waals surface area contributed by atoms with Crippen molar-refractivity contribution >= 4 is 11.3 Å². The van der Waals surface area contributed by atoms with Crippen LogP contribution in [0.25, 0.3) is 5.65 Å². The Hall–Kier alpha value is -2.36. The quantitative estimate of drug-likeness (QED) is 0.760. The second-order valence-electron chi connectivity index (χ2n) is 4.25. The summed E-state index contributed by atoms with van der Waals surface area (Å²) in [4.78, 5) is 4.45. The molecule has 3 aromatic rings. The fourth-order valence-electron chi connectivity index (χ4n) is 1.98. The van der Waals surface area contributed by atoms with E-state index in [9.17, 15) is 0 Å². The molecule has 0 atom stereocenters. The third kappa shape index (κ3) is 2.05. The number of rotatable bonds is 3. The summed E-state index contributed by atoms with van der Waals surface area (Å²) in [5.41, 5.74) is 8.55. The van der Waals surface area contributed by atoms with Crippen LogP contribution in [0.15, 0.2) is 48.7 Å². The normalized spacial score (nSPS) is 10.9. The lowest BCUT2D eigenvalue weighted by molar-refractivity contribution is 0.837. The molecule has 0 radical (unpaired) electrons. The van der Waals surface area contributed by atoms with Gasteiger partial charge in [0.1, 0.15) is 0 Å². The molecular formula is C14H14N4. The minimum atomic E-state index is 0.663. The third-order valence-corrected chi connectivity index (χ3v) is 2.92. The van der Waals surface area contributed by atoms with Crippen molar-refractivity contribution in [2.75, 3.05) is 5.73 Å². The Morgan fingerprint density at radius 3 is 2.61 bits per heavy atom. The Morgan fingerprint density at radius 1 is 1.00 bits per heavy atom. The summed E-state index contributed by atoms with van der Waals surface area (Å²) in [6.45, 7) is 0. The van der Waals surface area contributed by atoms with Gasteiger partial charge in [0.2, 0.25) is 0 Å². The molecular weight excluding hydrogens is 224 g/mol. The minimum Gasteiger partial charge on any atom is -0.396 e. The Morgan fingerprint density at radius 2 is 1.83 bits per heavy atom. The number of nitrogens with two attached hydrogens (primary N) is 1. The van der Waals surface area contributed by atoms with Crippen LogP contribution >= 0.6 is 0 Å². The molecule has 2 aromatic heterocycles. The SMILES string of the molecule is Nc1cccn2nc(CCc3ccccc3)nc12. The van der Waals surface area contributed by atoms with Gasteiger partial charge in [-0.15, -0.1) is 0 Å². The molecule has 0 saturated heterocycles. The fraction of sp³-hybridized carbons (Fsp3) is 0.143. The number of fused-ring (bicyclic) bond motifs is 1. The van der Waals surface area contributed by atoms with Crippen LogP contribution < -0.4 is 5.73 Å². The van der Waals surface area contributed by atoms with Crippen molar-refractivity contribution in [1.82, 2.24) is 14.6 Å². The summed E-state index contributed by atoms with van der Waals surface area (Å²) in [5.74, 6) is 0.830. The highest BCUT2D eigenvalue weighted by atomic mass is 15.3. The van der Waals surface area contributed by atoms with Crippen LogP contribution in [0.1, 0.15) is 11.4 Å². The molecule has 1 aromatic carbocycles. The molecule has 0 saturated carbocycles. The molecule has 0 aliphatic carbocycles. The van der Waals surface area contributed by atoms with E-state index >= 15 is 0 Å². The number of aromatic nitrogens is 3. The summed E-state index contributed by atoms with van der Waals surface area (Å²) in [6.07, 6.45) is 3.63. The van der Waals surface area contributed by atoms with E-state index in [2.05, 4.69) is 22.2 Å². The zero-order valence-electron chi connectivity index (χ0n) is 9.95. The van der Waals surface area contributed by atoms with Crippen LogP contribution in [0.4, 0.5) is 5.69 Å².